The fourth-order valence-electron chi connectivity index (χ4n) is 2.00. The maximum absolute atomic E-state index is 13.9. The second kappa shape index (κ2) is 6.11. The molecule has 0 radical (unpaired) electrons. The van der Waals surface area contributed by atoms with Gasteiger partial charge in [-0.05, 0) is 36.4 Å². The Morgan fingerprint density at radius 2 is 1.80 bits per heavy atom. The lowest BCUT2D eigenvalue weighted by Gasteiger charge is -2.18. The van der Waals surface area contributed by atoms with E-state index >= 15 is 0 Å². The van der Waals surface area contributed by atoms with Gasteiger partial charge in [-0.25, -0.2) is 4.39 Å². The number of rotatable bonds is 4. The molecule has 0 bridgehead atoms. The maximum atomic E-state index is 13.9. The number of benzene rings is 2. The van der Waals surface area contributed by atoms with Crippen LogP contribution in [0.4, 0.5) is 4.39 Å². The first-order valence-electron chi connectivity index (χ1n) is 5.99. The van der Waals surface area contributed by atoms with Crippen LogP contribution in [-0.4, -0.2) is 14.2 Å². The minimum absolute atomic E-state index is 0.309. The van der Waals surface area contributed by atoms with Gasteiger partial charge in [-0.3, -0.25) is 0 Å². The highest BCUT2D eigenvalue weighted by atomic mass is 35.5. The predicted molar refractivity (Wildman–Crippen MR) is 77.0 cm³/mol. The van der Waals surface area contributed by atoms with Crippen LogP contribution in [0.5, 0.6) is 11.5 Å². The molecular formula is C15H15ClFNO2. The van der Waals surface area contributed by atoms with Crippen molar-refractivity contribution < 1.29 is 13.9 Å². The molecular weight excluding hydrogens is 281 g/mol. The van der Waals surface area contributed by atoms with Gasteiger partial charge in [0.15, 0.2) is 0 Å². The van der Waals surface area contributed by atoms with E-state index in [2.05, 4.69) is 0 Å². The first-order valence-corrected chi connectivity index (χ1v) is 6.37. The minimum atomic E-state index is -0.696. The topological polar surface area (TPSA) is 44.5 Å². The second-order valence-electron chi connectivity index (χ2n) is 4.25. The molecule has 0 heterocycles. The predicted octanol–water partition coefficient (Wildman–Crippen LogP) is 3.54. The summed E-state index contributed by atoms with van der Waals surface area (Å²) in [7, 11) is 3.09. The fourth-order valence-corrected chi connectivity index (χ4v) is 2.18. The molecule has 0 aromatic heterocycles. The number of nitrogens with two attached hydrogens (primary N) is 1. The molecule has 0 aliphatic heterocycles. The molecule has 0 amide bonds. The van der Waals surface area contributed by atoms with E-state index < -0.39 is 11.9 Å². The van der Waals surface area contributed by atoms with Gasteiger partial charge in [0, 0.05) is 16.1 Å². The molecule has 5 heteroatoms. The van der Waals surface area contributed by atoms with Gasteiger partial charge in [0.25, 0.3) is 0 Å². The number of halogens is 2. The van der Waals surface area contributed by atoms with Crippen molar-refractivity contribution in [3.05, 3.63) is 58.4 Å². The third-order valence-electron chi connectivity index (χ3n) is 3.07. The zero-order valence-electron chi connectivity index (χ0n) is 11.2. The Morgan fingerprint density at radius 3 is 2.45 bits per heavy atom. The minimum Gasteiger partial charge on any atom is -0.497 e. The molecule has 0 saturated heterocycles. The summed E-state index contributed by atoms with van der Waals surface area (Å²) in [4.78, 5) is 0. The Balaban J connectivity index is 2.51. The first kappa shape index (κ1) is 14.6. The normalized spacial score (nSPS) is 12.1. The number of hydrogen-bond acceptors (Lipinski definition) is 3. The van der Waals surface area contributed by atoms with Gasteiger partial charge in [0.2, 0.25) is 0 Å². The third kappa shape index (κ3) is 2.86. The smallest absolute Gasteiger partial charge is 0.128 e. The monoisotopic (exact) mass is 295 g/mol. The average molecular weight is 296 g/mol. The molecule has 1 atom stereocenters. The molecule has 0 spiro atoms. The molecule has 0 aliphatic carbocycles. The van der Waals surface area contributed by atoms with E-state index in [0.717, 1.165) is 0 Å². The zero-order valence-corrected chi connectivity index (χ0v) is 11.9. The maximum Gasteiger partial charge on any atom is 0.128 e. The summed E-state index contributed by atoms with van der Waals surface area (Å²) in [6.07, 6.45) is 0. The lowest BCUT2D eigenvalue weighted by Crippen LogP contribution is -2.15. The Morgan fingerprint density at radius 1 is 1.05 bits per heavy atom. The van der Waals surface area contributed by atoms with Gasteiger partial charge in [-0.2, -0.15) is 0 Å². The standard InChI is InChI=1S/C15H15ClFNO2/c1-19-10-4-6-14(20-2)12(8-10)15(18)11-7-9(16)3-5-13(11)17/h3-8,15H,18H2,1-2H3. The molecule has 20 heavy (non-hydrogen) atoms. The van der Waals surface area contributed by atoms with E-state index in [4.69, 9.17) is 26.8 Å². The SMILES string of the molecule is COc1ccc(OC)c(C(N)c2cc(Cl)ccc2F)c1. The summed E-state index contributed by atoms with van der Waals surface area (Å²) >= 11 is 5.90. The van der Waals surface area contributed by atoms with Crippen molar-refractivity contribution in [2.45, 2.75) is 6.04 Å². The number of ether oxygens (including phenoxy) is 2. The first-order chi connectivity index (χ1) is 9.56. The van der Waals surface area contributed by atoms with Crippen molar-refractivity contribution in [2.75, 3.05) is 14.2 Å². The van der Waals surface area contributed by atoms with Crippen molar-refractivity contribution >= 4 is 11.6 Å². The summed E-state index contributed by atoms with van der Waals surface area (Å²) in [5, 5.41) is 0.429. The lowest BCUT2D eigenvalue weighted by atomic mass is 9.98. The summed E-state index contributed by atoms with van der Waals surface area (Å²) < 4.78 is 24.3. The van der Waals surface area contributed by atoms with E-state index in [1.807, 2.05) is 0 Å². The summed E-state index contributed by atoms with van der Waals surface area (Å²) in [5.41, 5.74) is 7.09. The average Bonchev–Trinajstić information content (AvgIpc) is 2.48. The van der Waals surface area contributed by atoms with Gasteiger partial charge in [-0.1, -0.05) is 11.6 Å². The second-order valence-corrected chi connectivity index (χ2v) is 4.69. The highest BCUT2D eigenvalue weighted by Crippen LogP contribution is 2.33. The van der Waals surface area contributed by atoms with Crippen LogP contribution in [0.15, 0.2) is 36.4 Å². The van der Waals surface area contributed by atoms with Crippen LogP contribution >= 0.6 is 11.6 Å². The highest BCUT2D eigenvalue weighted by Gasteiger charge is 2.18. The zero-order chi connectivity index (χ0) is 14.7. The molecule has 106 valence electrons. The van der Waals surface area contributed by atoms with Crippen LogP contribution < -0.4 is 15.2 Å². The van der Waals surface area contributed by atoms with E-state index in [0.29, 0.717) is 27.6 Å². The quantitative estimate of drug-likeness (QED) is 0.938. The summed E-state index contributed by atoms with van der Waals surface area (Å²) in [5.74, 6) is 0.781. The van der Waals surface area contributed by atoms with Gasteiger partial charge >= 0.3 is 0 Å². The molecule has 3 nitrogen and oxygen atoms in total. The van der Waals surface area contributed by atoms with Crippen molar-refractivity contribution in [1.82, 2.24) is 0 Å². The molecule has 2 aromatic rings. The van der Waals surface area contributed by atoms with Crippen molar-refractivity contribution in [1.29, 1.82) is 0 Å². The molecule has 0 fully saturated rings. The van der Waals surface area contributed by atoms with Gasteiger partial charge in [0.1, 0.15) is 17.3 Å². The molecule has 2 rings (SSSR count). The van der Waals surface area contributed by atoms with Crippen molar-refractivity contribution in [3.63, 3.8) is 0 Å². The van der Waals surface area contributed by atoms with Crippen molar-refractivity contribution in [2.24, 2.45) is 5.73 Å². The highest BCUT2D eigenvalue weighted by molar-refractivity contribution is 6.30. The molecule has 2 aromatic carbocycles. The Kier molecular flexibility index (Phi) is 4.47. The van der Waals surface area contributed by atoms with Gasteiger partial charge in [-0.15, -0.1) is 0 Å². The lowest BCUT2D eigenvalue weighted by molar-refractivity contribution is 0.396. The molecule has 2 N–H and O–H groups in total. The number of hydrogen-bond donors (Lipinski definition) is 1. The van der Waals surface area contributed by atoms with Crippen molar-refractivity contribution in [3.8, 4) is 11.5 Å². The summed E-state index contributed by atoms with van der Waals surface area (Å²) in [6.45, 7) is 0. The fraction of sp³-hybridized carbons (Fsp3) is 0.200. The summed E-state index contributed by atoms with van der Waals surface area (Å²) in [6, 6.07) is 8.81. The van der Waals surface area contributed by atoms with E-state index in [1.165, 1.54) is 25.3 Å². The van der Waals surface area contributed by atoms with Crippen LogP contribution in [-0.2, 0) is 0 Å². The van der Waals surface area contributed by atoms with Crippen LogP contribution in [0.3, 0.4) is 0 Å². The Labute approximate surface area is 122 Å². The molecule has 0 aliphatic rings. The van der Waals surface area contributed by atoms with Crippen LogP contribution in [0, 0.1) is 5.82 Å². The van der Waals surface area contributed by atoms with Crippen LogP contribution in [0.1, 0.15) is 17.2 Å². The number of methoxy groups -OCH3 is 2. The molecule has 0 saturated carbocycles. The van der Waals surface area contributed by atoms with E-state index in [1.54, 1.807) is 25.3 Å². The largest absolute Gasteiger partial charge is 0.497 e. The van der Waals surface area contributed by atoms with E-state index in [9.17, 15) is 4.39 Å². The van der Waals surface area contributed by atoms with Crippen LogP contribution in [0.25, 0.3) is 0 Å². The Bertz CT molecular complexity index is 619. The third-order valence-corrected chi connectivity index (χ3v) is 3.30. The molecule has 1 unspecified atom stereocenters. The van der Waals surface area contributed by atoms with Gasteiger partial charge < -0.3 is 15.2 Å². The van der Waals surface area contributed by atoms with E-state index in [-0.39, 0.29) is 0 Å². The Hall–Kier alpha value is -1.78. The van der Waals surface area contributed by atoms with Crippen LogP contribution in [0.2, 0.25) is 5.02 Å². The van der Waals surface area contributed by atoms with Gasteiger partial charge in [0.05, 0.1) is 20.3 Å².